The third-order valence-electron chi connectivity index (χ3n) is 2.35. The van der Waals surface area contributed by atoms with Gasteiger partial charge in [0.25, 0.3) is 0 Å². The van der Waals surface area contributed by atoms with Crippen LogP contribution in [0.4, 0.5) is 15.8 Å². The maximum Gasteiger partial charge on any atom is 0.224 e. The summed E-state index contributed by atoms with van der Waals surface area (Å²) in [7, 11) is 0. The molecule has 106 valence electrons. The number of carbonyl (C=O) groups is 1. The van der Waals surface area contributed by atoms with Gasteiger partial charge in [0.05, 0.1) is 5.69 Å². The highest BCUT2D eigenvalue weighted by molar-refractivity contribution is 8.00. The van der Waals surface area contributed by atoms with E-state index in [1.807, 2.05) is 11.8 Å². The van der Waals surface area contributed by atoms with Crippen molar-refractivity contribution in [3.8, 4) is 0 Å². The van der Waals surface area contributed by atoms with Gasteiger partial charge in [-0.3, -0.25) is 4.79 Å². The van der Waals surface area contributed by atoms with Crippen LogP contribution in [0.3, 0.4) is 0 Å². The molecular weight excluding hydrogens is 263 g/mol. The molecule has 3 N–H and O–H groups in total. The normalized spacial score (nSPS) is 11.4. The van der Waals surface area contributed by atoms with Crippen molar-refractivity contribution in [1.29, 1.82) is 0 Å². The van der Waals surface area contributed by atoms with Crippen molar-refractivity contribution >= 4 is 29.0 Å². The molecular formula is C14H21FN2OS. The first-order valence-electron chi connectivity index (χ1n) is 6.27. The van der Waals surface area contributed by atoms with Crippen LogP contribution in [0.15, 0.2) is 18.2 Å². The van der Waals surface area contributed by atoms with Gasteiger partial charge in [0.1, 0.15) is 5.82 Å². The van der Waals surface area contributed by atoms with Crippen LogP contribution >= 0.6 is 11.8 Å². The van der Waals surface area contributed by atoms with Crippen LogP contribution in [0, 0.1) is 5.82 Å². The summed E-state index contributed by atoms with van der Waals surface area (Å²) in [5, 5.41) is 2.55. The van der Waals surface area contributed by atoms with Crippen LogP contribution in [0.1, 0.15) is 33.6 Å². The molecule has 19 heavy (non-hydrogen) atoms. The van der Waals surface area contributed by atoms with Crippen LogP contribution < -0.4 is 11.1 Å². The Hall–Kier alpha value is -1.23. The van der Waals surface area contributed by atoms with Crippen molar-refractivity contribution in [2.24, 2.45) is 0 Å². The van der Waals surface area contributed by atoms with E-state index in [1.165, 1.54) is 18.2 Å². The highest BCUT2D eigenvalue weighted by Gasteiger charge is 2.11. The fourth-order valence-corrected chi connectivity index (χ4v) is 2.36. The van der Waals surface area contributed by atoms with Gasteiger partial charge in [-0.25, -0.2) is 4.39 Å². The van der Waals surface area contributed by atoms with E-state index in [9.17, 15) is 9.18 Å². The standard InChI is InChI=1S/C14H21FN2OS/c1-14(2,3)19-8-4-5-13(18)17-12-9-10(16)6-7-11(12)15/h6-7,9H,4-5,8,16H2,1-3H3,(H,17,18). The number of benzene rings is 1. The molecule has 0 bridgehead atoms. The van der Waals surface area contributed by atoms with Crippen LogP contribution in [0.5, 0.6) is 0 Å². The lowest BCUT2D eigenvalue weighted by atomic mass is 10.2. The first-order valence-corrected chi connectivity index (χ1v) is 7.25. The summed E-state index contributed by atoms with van der Waals surface area (Å²) in [5.74, 6) is 0.265. The molecule has 0 aromatic heterocycles. The van der Waals surface area contributed by atoms with E-state index in [0.29, 0.717) is 12.1 Å². The molecule has 0 aliphatic carbocycles. The molecule has 0 spiro atoms. The third-order valence-corrected chi connectivity index (χ3v) is 3.71. The second kappa shape index (κ2) is 6.80. The van der Waals surface area contributed by atoms with Gasteiger partial charge in [0.15, 0.2) is 0 Å². The zero-order valence-corrected chi connectivity index (χ0v) is 12.4. The number of hydrogen-bond donors (Lipinski definition) is 2. The molecule has 3 nitrogen and oxygen atoms in total. The molecule has 0 saturated carbocycles. The van der Waals surface area contributed by atoms with Crippen LogP contribution in [0.2, 0.25) is 0 Å². The third kappa shape index (κ3) is 6.47. The largest absolute Gasteiger partial charge is 0.399 e. The van der Waals surface area contributed by atoms with Crippen molar-refractivity contribution in [1.82, 2.24) is 0 Å². The second-order valence-electron chi connectivity index (χ2n) is 5.35. The summed E-state index contributed by atoms with van der Waals surface area (Å²) in [6, 6.07) is 4.14. The van der Waals surface area contributed by atoms with Crippen molar-refractivity contribution in [3.05, 3.63) is 24.0 Å². The molecule has 5 heteroatoms. The maximum absolute atomic E-state index is 13.4. The SMILES string of the molecule is CC(C)(C)SCCCC(=O)Nc1cc(N)ccc1F. The van der Waals surface area contributed by atoms with E-state index in [1.54, 1.807) is 0 Å². The predicted octanol–water partition coefficient (Wildman–Crippen LogP) is 3.66. The number of hydrogen-bond acceptors (Lipinski definition) is 3. The number of thioether (sulfide) groups is 1. The van der Waals surface area contributed by atoms with Gasteiger partial charge in [-0.05, 0) is 30.4 Å². The molecule has 0 atom stereocenters. The molecule has 0 aliphatic rings. The van der Waals surface area contributed by atoms with Crippen molar-refractivity contribution in [3.63, 3.8) is 0 Å². The Kier molecular flexibility index (Phi) is 5.66. The summed E-state index contributed by atoms with van der Waals surface area (Å²) < 4.78 is 13.6. The number of rotatable bonds is 5. The smallest absolute Gasteiger partial charge is 0.224 e. The molecule has 0 heterocycles. The molecule has 0 unspecified atom stereocenters. The Bertz CT molecular complexity index is 444. The maximum atomic E-state index is 13.4. The average molecular weight is 284 g/mol. The fourth-order valence-electron chi connectivity index (χ4n) is 1.46. The lowest BCUT2D eigenvalue weighted by Crippen LogP contribution is -2.14. The number of nitrogens with one attached hydrogen (secondary N) is 1. The number of amides is 1. The van der Waals surface area contributed by atoms with Gasteiger partial charge < -0.3 is 11.1 Å². The highest BCUT2D eigenvalue weighted by Crippen LogP contribution is 2.24. The monoisotopic (exact) mass is 284 g/mol. The molecule has 0 saturated heterocycles. The molecule has 1 aromatic carbocycles. The average Bonchev–Trinajstić information content (AvgIpc) is 2.28. The molecule has 0 radical (unpaired) electrons. The van der Waals surface area contributed by atoms with E-state index < -0.39 is 5.82 Å². The van der Waals surface area contributed by atoms with E-state index in [0.717, 1.165) is 12.2 Å². The predicted molar refractivity (Wildman–Crippen MR) is 80.9 cm³/mol. The first-order chi connectivity index (χ1) is 8.78. The van der Waals surface area contributed by atoms with Gasteiger partial charge in [-0.1, -0.05) is 20.8 Å². The Morgan fingerprint density at radius 2 is 2.11 bits per heavy atom. The Morgan fingerprint density at radius 3 is 2.74 bits per heavy atom. The Balaban J connectivity index is 2.37. The molecule has 0 fully saturated rings. The zero-order chi connectivity index (χ0) is 14.5. The van der Waals surface area contributed by atoms with Gasteiger partial charge in [0, 0.05) is 16.9 Å². The molecule has 1 rings (SSSR count). The topological polar surface area (TPSA) is 55.1 Å². The highest BCUT2D eigenvalue weighted by atomic mass is 32.2. The van der Waals surface area contributed by atoms with E-state index in [2.05, 4.69) is 26.1 Å². The van der Waals surface area contributed by atoms with E-state index >= 15 is 0 Å². The van der Waals surface area contributed by atoms with Gasteiger partial charge in [-0.2, -0.15) is 11.8 Å². The summed E-state index contributed by atoms with van der Waals surface area (Å²) in [6.45, 7) is 6.42. The number of anilines is 2. The summed E-state index contributed by atoms with van der Waals surface area (Å²) in [5.41, 5.74) is 6.13. The molecule has 1 amide bonds. The first kappa shape index (κ1) is 15.8. The summed E-state index contributed by atoms with van der Waals surface area (Å²) >= 11 is 1.81. The van der Waals surface area contributed by atoms with Crippen LogP contribution in [-0.4, -0.2) is 16.4 Å². The van der Waals surface area contributed by atoms with Crippen LogP contribution in [-0.2, 0) is 4.79 Å². The Labute approximate surface area is 118 Å². The van der Waals surface area contributed by atoms with E-state index in [-0.39, 0.29) is 16.3 Å². The van der Waals surface area contributed by atoms with Crippen molar-refractivity contribution in [2.45, 2.75) is 38.4 Å². The lowest BCUT2D eigenvalue weighted by Gasteiger charge is -2.17. The number of carbonyl (C=O) groups excluding carboxylic acids is 1. The Morgan fingerprint density at radius 1 is 1.42 bits per heavy atom. The van der Waals surface area contributed by atoms with Gasteiger partial charge in [-0.15, -0.1) is 0 Å². The van der Waals surface area contributed by atoms with Crippen molar-refractivity contribution < 1.29 is 9.18 Å². The second-order valence-corrected chi connectivity index (χ2v) is 7.27. The minimum Gasteiger partial charge on any atom is -0.399 e. The summed E-state index contributed by atoms with van der Waals surface area (Å²) in [4.78, 5) is 11.7. The molecule has 1 aromatic rings. The minimum absolute atomic E-state index is 0.147. The minimum atomic E-state index is -0.466. The number of nitrogen functional groups attached to an aromatic ring is 1. The molecule has 0 aliphatic heterocycles. The van der Waals surface area contributed by atoms with Gasteiger partial charge >= 0.3 is 0 Å². The summed E-state index contributed by atoms with van der Waals surface area (Å²) in [6.07, 6.45) is 1.16. The van der Waals surface area contributed by atoms with Gasteiger partial charge in [0.2, 0.25) is 5.91 Å². The number of halogens is 1. The van der Waals surface area contributed by atoms with Crippen molar-refractivity contribution in [2.75, 3.05) is 16.8 Å². The number of nitrogens with two attached hydrogens (primary N) is 1. The lowest BCUT2D eigenvalue weighted by molar-refractivity contribution is -0.116. The van der Waals surface area contributed by atoms with Crippen LogP contribution in [0.25, 0.3) is 0 Å². The fraction of sp³-hybridized carbons (Fsp3) is 0.500. The zero-order valence-electron chi connectivity index (χ0n) is 11.6. The van der Waals surface area contributed by atoms with E-state index in [4.69, 9.17) is 5.73 Å². The quantitative estimate of drug-likeness (QED) is 0.641.